The van der Waals surface area contributed by atoms with Crippen molar-refractivity contribution in [2.75, 3.05) is 38.0 Å². The molecule has 0 radical (unpaired) electrons. The van der Waals surface area contributed by atoms with Crippen molar-refractivity contribution in [3.05, 3.63) is 58.6 Å². The van der Waals surface area contributed by atoms with E-state index >= 15 is 0 Å². The van der Waals surface area contributed by atoms with Crippen molar-refractivity contribution in [2.24, 2.45) is 0 Å². The molecule has 1 saturated heterocycles. The average Bonchev–Trinajstić information content (AvgIpc) is 3.12. The number of sulfonamides is 1. The van der Waals surface area contributed by atoms with Crippen molar-refractivity contribution in [1.82, 2.24) is 9.21 Å². The average molecular weight is 428 g/mol. The first kappa shape index (κ1) is 20.4. The predicted octanol–water partition coefficient (Wildman–Crippen LogP) is 3.24. The van der Waals surface area contributed by atoms with Gasteiger partial charge >= 0.3 is 0 Å². The maximum Gasteiger partial charge on any atom is 0.244 e. The van der Waals surface area contributed by atoms with Crippen molar-refractivity contribution in [3.8, 4) is 0 Å². The normalized spacial score (nSPS) is 17.8. The van der Waals surface area contributed by atoms with Gasteiger partial charge in [0.05, 0.1) is 5.02 Å². The van der Waals surface area contributed by atoms with Gasteiger partial charge in [0.15, 0.2) is 0 Å². The fourth-order valence-corrected chi connectivity index (χ4v) is 5.62. The second-order valence-electron chi connectivity index (χ2n) is 6.74. The van der Waals surface area contributed by atoms with E-state index in [2.05, 4.69) is 28.4 Å². The van der Waals surface area contributed by atoms with Gasteiger partial charge in [-0.3, -0.25) is 4.90 Å². The minimum absolute atomic E-state index is 0. The summed E-state index contributed by atoms with van der Waals surface area (Å²) >= 11 is 6.09. The van der Waals surface area contributed by atoms with Crippen LogP contribution in [-0.2, 0) is 23.0 Å². The summed E-state index contributed by atoms with van der Waals surface area (Å²) in [6.07, 6.45) is 1.08. The largest absolute Gasteiger partial charge is 0.384 e. The van der Waals surface area contributed by atoms with E-state index < -0.39 is 10.0 Å². The number of nitrogens with one attached hydrogen (secondary N) is 1. The van der Waals surface area contributed by atoms with Crippen molar-refractivity contribution < 1.29 is 8.42 Å². The fourth-order valence-electron chi connectivity index (χ4n) is 3.70. The molecule has 2 aliphatic rings. The van der Waals surface area contributed by atoms with Gasteiger partial charge in [-0.15, -0.1) is 12.4 Å². The zero-order valence-electron chi connectivity index (χ0n) is 14.9. The van der Waals surface area contributed by atoms with Gasteiger partial charge in [0.25, 0.3) is 0 Å². The fraction of sp³-hybridized carbons (Fsp3) is 0.368. The molecule has 27 heavy (non-hydrogen) atoms. The first-order valence-corrected chi connectivity index (χ1v) is 10.7. The Bertz CT molecular complexity index is 913. The Balaban J connectivity index is 0.00000210. The lowest BCUT2D eigenvalue weighted by atomic mass is 10.1. The third kappa shape index (κ3) is 4.10. The summed E-state index contributed by atoms with van der Waals surface area (Å²) in [4.78, 5) is 2.51. The number of fused-ring (bicyclic) bond motifs is 1. The van der Waals surface area contributed by atoms with Crippen LogP contribution in [0.2, 0.25) is 5.02 Å². The molecular formula is C19H23Cl2N3O2S. The van der Waals surface area contributed by atoms with Gasteiger partial charge in [0.1, 0.15) is 4.90 Å². The van der Waals surface area contributed by atoms with Crippen LogP contribution < -0.4 is 5.32 Å². The second-order valence-corrected chi connectivity index (χ2v) is 9.05. The van der Waals surface area contributed by atoms with Crippen molar-refractivity contribution >= 4 is 39.7 Å². The number of piperazine rings is 1. The highest BCUT2D eigenvalue weighted by atomic mass is 35.5. The van der Waals surface area contributed by atoms with E-state index in [-0.39, 0.29) is 22.3 Å². The summed E-state index contributed by atoms with van der Waals surface area (Å²) in [6, 6.07) is 13.1. The zero-order valence-corrected chi connectivity index (χ0v) is 17.3. The predicted molar refractivity (Wildman–Crippen MR) is 111 cm³/mol. The monoisotopic (exact) mass is 427 g/mol. The Labute approximate surface area is 171 Å². The Hall–Kier alpha value is -1.31. The lowest BCUT2D eigenvalue weighted by Gasteiger charge is -2.34. The number of anilines is 1. The molecule has 0 unspecified atom stereocenters. The summed E-state index contributed by atoms with van der Waals surface area (Å²) < 4.78 is 27.2. The topological polar surface area (TPSA) is 52.7 Å². The van der Waals surface area contributed by atoms with Crippen LogP contribution in [0.4, 0.5) is 5.69 Å². The molecule has 0 spiro atoms. The molecule has 0 saturated carbocycles. The molecule has 0 atom stereocenters. The summed E-state index contributed by atoms with van der Waals surface area (Å²) in [7, 11) is -3.54. The highest BCUT2D eigenvalue weighted by Crippen LogP contribution is 2.29. The lowest BCUT2D eigenvalue weighted by molar-refractivity contribution is 0.182. The Morgan fingerprint density at radius 2 is 1.74 bits per heavy atom. The standard InChI is InChI=1S/C19H22ClN3O2S.ClH/c20-17-6-1-2-7-18(17)26(24,25)23-12-10-22(11-13-23)14-16-5-3-4-15-8-9-21-19(15)16;/h1-7,21H,8-14H2;1H. The van der Waals surface area contributed by atoms with Gasteiger partial charge in [-0.2, -0.15) is 4.31 Å². The van der Waals surface area contributed by atoms with Gasteiger partial charge in [0, 0.05) is 45.0 Å². The quantitative estimate of drug-likeness (QED) is 0.813. The van der Waals surface area contributed by atoms with Crippen LogP contribution >= 0.6 is 24.0 Å². The van der Waals surface area contributed by atoms with Crippen LogP contribution in [0.25, 0.3) is 0 Å². The van der Waals surface area contributed by atoms with Crippen LogP contribution in [0.5, 0.6) is 0 Å². The molecule has 0 amide bonds. The summed E-state index contributed by atoms with van der Waals surface area (Å²) in [5.41, 5.74) is 3.93. The van der Waals surface area contributed by atoms with Crippen LogP contribution in [0, 0.1) is 0 Å². The molecule has 8 heteroatoms. The second kappa shape index (κ2) is 8.37. The van der Waals surface area contributed by atoms with E-state index in [1.54, 1.807) is 28.6 Å². The van der Waals surface area contributed by atoms with Crippen molar-refractivity contribution in [2.45, 2.75) is 17.9 Å². The first-order chi connectivity index (χ1) is 12.6. The van der Waals surface area contributed by atoms with Gasteiger partial charge < -0.3 is 5.32 Å². The molecule has 2 heterocycles. The Morgan fingerprint density at radius 3 is 2.48 bits per heavy atom. The number of halogens is 2. The van der Waals surface area contributed by atoms with Crippen molar-refractivity contribution in [1.29, 1.82) is 0 Å². The Morgan fingerprint density at radius 1 is 1.00 bits per heavy atom. The number of hydrogen-bond donors (Lipinski definition) is 1. The van der Waals surface area contributed by atoms with Gasteiger partial charge in [-0.05, 0) is 29.7 Å². The van der Waals surface area contributed by atoms with Gasteiger partial charge in [0.2, 0.25) is 10.0 Å². The number of rotatable bonds is 4. The molecular weight excluding hydrogens is 405 g/mol. The molecule has 1 N–H and O–H groups in total. The van der Waals surface area contributed by atoms with E-state index in [0.29, 0.717) is 26.2 Å². The minimum atomic E-state index is -3.54. The molecule has 5 nitrogen and oxygen atoms in total. The molecule has 2 aliphatic heterocycles. The molecule has 0 bridgehead atoms. The van der Waals surface area contributed by atoms with Crippen LogP contribution in [0.1, 0.15) is 11.1 Å². The smallest absolute Gasteiger partial charge is 0.244 e. The molecule has 0 aromatic heterocycles. The van der Waals surface area contributed by atoms with Crippen molar-refractivity contribution in [3.63, 3.8) is 0 Å². The molecule has 4 rings (SSSR count). The molecule has 0 aliphatic carbocycles. The first-order valence-electron chi connectivity index (χ1n) is 8.87. The van der Waals surface area contributed by atoms with Gasteiger partial charge in [-0.25, -0.2) is 8.42 Å². The zero-order chi connectivity index (χ0) is 18.1. The number of nitrogens with zero attached hydrogens (tertiary/aromatic N) is 2. The Kier molecular flexibility index (Phi) is 6.33. The lowest BCUT2D eigenvalue weighted by Crippen LogP contribution is -2.48. The van der Waals surface area contributed by atoms with E-state index in [4.69, 9.17) is 11.6 Å². The third-order valence-electron chi connectivity index (χ3n) is 5.11. The van der Waals surface area contributed by atoms with Gasteiger partial charge in [-0.1, -0.05) is 41.9 Å². The van der Waals surface area contributed by atoms with E-state index in [1.807, 2.05) is 0 Å². The number of para-hydroxylation sites is 1. The summed E-state index contributed by atoms with van der Waals surface area (Å²) in [5.74, 6) is 0. The highest BCUT2D eigenvalue weighted by Gasteiger charge is 2.30. The number of hydrogen-bond acceptors (Lipinski definition) is 4. The highest BCUT2D eigenvalue weighted by molar-refractivity contribution is 7.89. The van der Waals surface area contributed by atoms with Crippen LogP contribution in [-0.4, -0.2) is 50.3 Å². The maximum absolute atomic E-state index is 12.8. The van der Waals surface area contributed by atoms with E-state index in [0.717, 1.165) is 19.5 Å². The third-order valence-corrected chi connectivity index (χ3v) is 7.51. The number of benzene rings is 2. The van der Waals surface area contributed by atoms with E-state index in [1.165, 1.54) is 16.8 Å². The van der Waals surface area contributed by atoms with E-state index in [9.17, 15) is 8.42 Å². The molecule has 146 valence electrons. The summed E-state index contributed by atoms with van der Waals surface area (Å²) in [6.45, 7) is 4.24. The van der Waals surface area contributed by atoms with Crippen LogP contribution in [0.3, 0.4) is 0 Å². The summed E-state index contributed by atoms with van der Waals surface area (Å²) in [5, 5.41) is 3.75. The minimum Gasteiger partial charge on any atom is -0.384 e. The maximum atomic E-state index is 12.8. The molecule has 2 aromatic carbocycles. The molecule has 1 fully saturated rings. The SMILES string of the molecule is Cl.O=S(=O)(c1ccccc1Cl)N1CCN(Cc2cccc3c2NCC3)CC1. The van der Waals surface area contributed by atoms with Crippen LogP contribution in [0.15, 0.2) is 47.4 Å². The molecule has 2 aromatic rings.